The Morgan fingerprint density at radius 2 is 0.640 bits per heavy atom. The first-order valence-electron chi connectivity index (χ1n) is 4.87. The van der Waals surface area contributed by atoms with Crippen molar-refractivity contribution < 1.29 is 72.5 Å². The van der Waals surface area contributed by atoms with Crippen LogP contribution in [0, 0.1) is 0 Å². The van der Waals surface area contributed by atoms with Crippen LogP contribution in [-0.2, 0) is 9.59 Å². The molecule has 150 valence electrons. The maximum Gasteiger partial charge on any atom is 0.410 e. The van der Waals surface area contributed by atoms with Crippen LogP contribution >= 0.6 is 0 Å². The fraction of sp³-hybridized carbons (Fsp3) is 0.750. The number of carboxylic acids is 2. The monoisotopic (exact) mass is 407 g/mol. The number of aliphatic carboxylic acids is 2. The van der Waals surface area contributed by atoms with Gasteiger partial charge in [0.25, 0.3) is 0 Å². The van der Waals surface area contributed by atoms with E-state index in [0.717, 1.165) is 0 Å². The van der Waals surface area contributed by atoms with Gasteiger partial charge in [-0.25, -0.2) is 9.59 Å². The fourth-order valence-electron chi connectivity index (χ4n) is 1.06. The minimum atomic E-state index is -8.11. The third-order valence-corrected chi connectivity index (χ3v) is 2.51. The molecule has 0 bridgehead atoms. The van der Waals surface area contributed by atoms with Crippen LogP contribution in [0.4, 0.5) is 52.7 Å². The van der Waals surface area contributed by atoms with Gasteiger partial charge in [0.1, 0.15) is 0 Å². The van der Waals surface area contributed by atoms with Crippen LogP contribution in [0.2, 0.25) is 0 Å². The van der Waals surface area contributed by atoms with Crippen molar-refractivity contribution in [2.45, 2.75) is 35.5 Å². The lowest BCUT2D eigenvalue weighted by atomic mass is 9.91. The lowest BCUT2D eigenvalue weighted by Crippen LogP contribution is -2.72. The molecule has 0 aliphatic carbocycles. The lowest BCUT2D eigenvalue weighted by molar-refractivity contribution is -0.417. The molecule has 17 heteroatoms. The first kappa shape index (κ1) is 25.3. The molecule has 5 nitrogen and oxygen atoms in total. The predicted octanol–water partition coefficient (Wildman–Crippen LogP) is 3.13. The second-order valence-corrected chi connectivity index (χ2v) is 4.06. The van der Waals surface area contributed by atoms with E-state index in [4.69, 9.17) is 10.2 Å². The maximum atomic E-state index is 12.9. The molecule has 0 aromatic rings. The van der Waals surface area contributed by atoms with Crippen molar-refractivity contribution in [1.82, 2.24) is 6.15 Å². The van der Waals surface area contributed by atoms with Gasteiger partial charge in [-0.15, -0.1) is 0 Å². The molecule has 0 radical (unpaired) electrons. The molecule has 5 N–H and O–H groups in total. The number of hydrogen-bond acceptors (Lipinski definition) is 3. The number of rotatable bonds is 7. The predicted molar refractivity (Wildman–Crippen MR) is 50.0 cm³/mol. The van der Waals surface area contributed by atoms with Gasteiger partial charge >= 0.3 is 47.5 Å². The highest BCUT2D eigenvalue weighted by Gasteiger charge is 2.92. The fourth-order valence-corrected chi connectivity index (χ4v) is 1.06. The van der Waals surface area contributed by atoms with Crippen molar-refractivity contribution in [2.75, 3.05) is 0 Å². The standard InChI is InChI=1S/C8H2F12O4.H3N/c9-3(10,1(21)22)5(13,14)7(17,18)8(19,20)6(15,16)4(11,12)2(23)24;/h(H,21,22)(H,23,24);1H3. The highest BCUT2D eigenvalue weighted by molar-refractivity contribution is 5.78. The van der Waals surface area contributed by atoms with Crippen molar-refractivity contribution in [1.29, 1.82) is 0 Å². The molecule has 0 aromatic heterocycles. The summed E-state index contributed by atoms with van der Waals surface area (Å²) in [6.07, 6.45) is 0. The molecule has 0 heterocycles. The Labute approximate surface area is 127 Å². The zero-order valence-electron chi connectivity index (χ0n) is 11.0. The topological polar surface area (TPSA) is 110 Å². The van der Waals surface area contributed by atoms with Gasteiger partial charge in [-0.3, -0.25) is 0 Å². The van der Waals surface area contributed by atoms with Crippen LogP contribution < -0.4 is 6.15 Å². The van der Waals surface area contributed by atoms with Gasteiger partial charge in [-0.1, -0.05) is 0 Å². The summed E-state index contributed by atoms with van der Waals surface area (Å²) >= 11 is 0. The van der Waals surface area contributed by atoms with E-state index in [1.807, 2.05) is 0 Å². The van der Waals surface area contributed by atoms with E-state index in [2.05, 4.69) is 0 Å². The van der Waals surface area contributed by atoms with E-state index in [9.17, 15) is 62.3 Å². The van der Waals surface area contributed by atoms with Gasteiger partial charge in [0, 0.05) is 0 Å². The first-order chi connectivity index (χ1) is 10.1. The Morgan fingerprint density at radius 1 is 0.480 bits per heavy atom. The van der Waals surface area contributed by atoms with Gasteiger partial charge in [0.2, 0.25) is 0 Å². The van der Waals surface area contributed by atoms with Crippen molar-refractivity contribution in [3.05, 3.63) is 0 Å². The van der Waals surface area contributed by atoms with Crippen LogP contribution in [-0.4, -0.2) is 57.7 Å². The van der Waals surface area contributed by atoms with Crippen molar-refractivity contribution in [3.8, 4) is 0 Å². The Bertz CT molecular complexity index is 497. The van der Waals surface area contributed by atoms with Crippen molar-refractivity contribution >= 4 is 11.9 Å². The normalized spacial score (nSPS) is 14.7. The molecule has 0 rings (SSSR count). The summed E-state index contributed by atoms with van der Waals surface area (Å²) in [5.74, 6) is -54.4. The minimum Gasteiger partial charge on any atom is -0.477 e. The highest BCUT2D eigenvalue weighted by atomic mass is 19.4. The SMILES string of the molecule is N.O=C(O)C(F)(F)C(F)(F)C(F)(F)C(F)(F)C(F)(F)C(F)(F)C(=O)O. The van der Waals surface area contributed by atoms with E-state index in [1.165, 1.54) is 0 Å². The molecule has 0 aliphatic rings. The zero-order chi connectivity index (χ0) is 20.2. The maximum absolute atomic E-state index is 12.9. The lowest BCUT2D eigenvalue weighted by Gasteiger charge is -2.39. The van der Waals surface area contributed by atoms with Crippen LogP contribution in [0.3, 0.4) is 0 Å². The second-order valence-electron chi connectivity index (χ2n) is 4.06. The Morgan fingerprint density at radius 3 is 0.760 bits per heavy atom. The average molecular weight is 407 g/mol. The van der Waals surface area contributed by atoms with E-state index in [1.54, 1.807) is 0 Å². The Kier molecular flexibility index (Phi) is 6.17. The average Bonchev–Trinajstić information content (AvgIpc) is 2.36. The third-order valence-electron chi connectivity index (χ3n) is 2.51. The number of halogens is 12. The summed E-state index contributed by atoms with van der Waals surface area (Å²) in [6, 6.07) is 0. The van der Waals surface area contributed by atoms with Crippen molar-refractivity contribution in [2.24, 2.45) is 0 Å². The van der Waals surface area contributed by atoms with E-state index < -0.39 is 47.5 Å². The van der Waals surface area contributed by atoms with Gasteiger partial charge < -0.3 is 16.4 Å². The number of carboxylic acid groups (broad SMARTS) is 2. The Balaban J connectivity index is 0. The summed E-state index contributed by atoms with van der Waals surface area (Å²) in [4.78, 5) is 19.5. The molecule has 0 unspecified atom stereocenters. The summed E-state index contributed by atoms with van der Waals surface area (Å²) in [7, 11) is 0. The molecule has 0 saturated carbocycles. The molecule has 25 heavy (non-hydrogen) atoms. The van der Waals surface area contributed by atoms with E-state index >= 15 is 0 Å². The van der Waals surface area contributed by atoms with E-state index in [0.29, 0.717) is 0 Å². The first-order valence-corrected chi connectivity index (χ1v) is 4.87. The molecule has 0 fully saturated rings. The largest absolute Gasteiger partial charge is 0.477 e. The summed E-state index contributed by atoms with van der Waals surface area (Å²) in [6.45, 7) is 0. The van der Waals surface area contributed by atoms with Gasteiger partial charge in [0.15, 0.2) is 0 Å². The van der Waals surface area contributed by atoms with Gasteiger partial charge in [-0.05, 0) is 0 Å². The van der Waals surface area contributed by atoms with Crippen LogP contribution in [0.25, 0.3) is 0 Å². The number of carbonyl (C=O) groups is 2. The molecular weight excluding hydrogens is 402 g/mol. The summed E-state index contributed by atoms with van der Waals surface area (Å²) < 4.78 is 152. The van der Waals surface area contributed by atoms with Crippen LogP contribution in [0.5, 0.6) is 0 Å². The molecule has 0 saturated heterocycles. The van der Waals surface area contributed by atoms with Crippen LogP contribution in [0.1, 0.15) is 0 Å². The van der Waals surface area contributed by atoms with E-state index in [-0.39, 0.29) is 6.15 Å². The molecular formula is C8H5F12NO4. The molecule has 0 aliphatic heterocycles. The van der Waals surface area contributed by atoms with Gasteiger partial charge in [0.05, 0.1) is 0 Å². The Hall–Kier alpha value is -1.94. The molecule has 0 atom stereocenters. The highest BCUT2D eigenvalue weighted by Crippen LogP contribution is 2.59. The summed E-state index contributed by atoms with van der Waals surface area (Å²) in [5, 5.41) is 15.2. The quantitative estimate of drug-likeness (QED) is 0.562. The van der Waals surface area contributed by atoms with Crippen LogP contribution in [0.15, 0.2) is 0 Å². The zero-order valence-corrected chi connectivity index (χ0v) is 11.0. The second kappa shape index (κ2) is 6.10. The summed E-state index contributed by atoms with van der Waals surface area (Å²) in [5.41, 5.74) is 0. The molecule has 0 spiro atoms. The molecule has 0 aromatic carbocycles. The van der Waals surface area contributed by atoms with Crippen molar-refractivity contribution in [3.63, 3.8) is 0 Å². The third kappa shape index (κ3) is 2.93. The van der Waals surface area contributed by atoms with Gasteiger partial charge in [-0.2, -0.15) is 52.7 Å². The minimum absolute atomic E-state index is 0. The number of alkyl halides is 12. The number of hydrogen-bond donors (Lipinski definition) is 3. The smallest absolute Gasteiger partial charge is 0.410 e. The molecule has 0 amide bonds.